The monoisotopic (exact) mass is 546 g/mol. The molecule has 0 saturated heterocycles. The van der Waals surface area contributed by atoms with E-state index in [1.165, 1.54) is 43.5 Å². The molecule has 0 aliphatic carbocycles. The Bertz CT molecular complexity index is 1320. The van der Waals surface area contributed by atoms with E-state index >= 15 is 0 Å². The number of hydrogen-bond acceptors (Lipinski definition) is 4. The van der Waals surface area contributed by atoms with Gasteiger partial charge in [0.25, 0.3) is 10.0 Å². The summed E-state index contributed by atoms with van der Waals surface area (Å²) in [7, 11) is -2.90. The van der Waals surface area contributed by atoms with Crippen molar-refractivity contribution >= 4 is 73.7 Å². The first-order valence-corrected chi connectivity index (χ1v) is 12.4. The third kappa shape index (κ3) is 5.86. The largest absolute Gasteiger partial charge is 0.495 e. The Morgan fingerprint density at radius 2 is 1.67 bits per heavy atom. The molecule has 1 N–H and O–H groups in total. The summed E-state index contributed by atoms with van der Waals surface area (Å²) in [6.07, 6.45) is 0. The average molecular weight is 548 g/mol. The third-order valence-corrected chi connectivity index (χ3v) is 7.65. The van der Waals surface area contributed by atoms with Crippen LogP contribution in [0, 0.1) is 6.92 Å². The fourth-order valence-electron chi connectivity index (χ4n) is 2.97. The molecule has 174 valence electrons. The number of sulfonamides is 1. The molecule has 3 aromatic rings. The quantitative estimate of drug-likeness (QED) is 0.368. The van der Waals surface area contributed by atoms with E-state index in [1.807, 2.05) is 0 Å². The molecular weight excluding hydrogens is 530 g/mol. The lowest BCUT2D eigenvalue weighted by molar-refractivity contribution is -0.114. The second-order valence-corrected chi connectivity index (χ2v) is 10.4. The topological polar surface area (TPSA) is 75.7 Å². The molecule has 1 amide bonds. The molecule has 33 heavy (non-hydrogen) atoms. The second kappa shape index (κ2) is 10.4. The van der Waals surface area contributed by atoms with Crippen LogP contribution in [-0.4, -0.2) is 28.0 Å². The number of nitrogens with zero attached hydrogens (tertiary/aromatic N) is 1. The van der Waals surface area contributed by atoms with Gasteiger partial charge in [-0.3, -0.25) is 9.10 Å². The van der Waals surface area contributed by atoms with Gasteiger partial charge in [-0.05, 0) is 61.0 Å². The predicted octanol–water partition coefficient (Wildman–Crippen LogP) is 6.45. The Morgan fingerprint density at radius 1 is 0.939 bits per heavy atom. The normalized spacial score (nSPS) is 11.2. The van der Waals surface area contributed by atoms with Gasteiger partial charge >= 0.3 is 0 Å². The number of hydrogen-bond donors (Lipinski definition) is 1. The molecule has 0 fully saturated rings. The molecule has 3 rings (SSSR count). The minimum atomic E-state index is -4.26. The van der Waals surface area contributed by atoms with E-state index in [1.54, 1.807) is 25.1 Å². The van der Waals surface area contributed by atoms with Crippen LogP contribution in [0.3, 0.4) is 0 Å². The van der Waals surface area contributed by atoms with Crippen molar-refractivity contribution in [2.75, 3.05) is 23.3 Å². The van der Waals surface area contributed by atoms with Gasteiger partial charge in [-0.15, -0.1) is 0 Å². The van der Waals surface area contributed by atoms with Crippen molar-refractivity contribution in [3.05, 3.63) is 80.3 Å². The standard InChI is InChI=1S/C22H18Cl4N2O4S/c1-13-3-8-20(32-2)21(9-13)33(30,31)28(15-5-6-16(24)17(25)11-15)12-22(29)27-19-7-4-14(23)10-18(19)26/h3-11H,12H2,1-2H3,(H,27,29). The van der Waals surface area contributed by atoms with Crippen LogP contribution in [0.2, 0.25) is 20.1 Å². The van der Waals surface area contributed by atoms with Crippen LogP contribution in [0.1, 0.15) is 5.56 Å². The Kier molecular flexibility index (Phi) is 8.03. The Labute approximate surface area is 212 Å². The molecule has 3 aromatic carbocycles. The number of rotatable bonds is 7. The molecule has 0 saturated carbocycles. The molecule has 11 heteroatoms. The number of halogens is 4. The van der Waals surface area contributed by atoms with Crippen LogP contribution in [-0.2, 0) is 14.8 Å². The molecule has 0 aliphatic rings. The maximum absolute atomic E-state index is 13.7. The van der Waals surface area contributed by atoms with Crippen LogP contribution >= 0.6 is 46.4 Å². The van der Waals surface area contributed by atoms with Gasteiger partial charge in [0.1, 0.15) is 17.2 Å². The summed E-state index contributed by atoms with van der Waals surface area (Å²) < 4.78 is 33.6. The van der Waals surface area contributed by atoms with Crippen molar-refractivity contribution in [2.24, 2.45) is 0 Å². The summed E-state index contributed by atoms with van der Waals surface area (Å²) >= 11 is 24.2. The van der Waals surface area contributed by atoms with Crippen molar-refractivity contribution in [3.63, 3.8) is 0 Å². The molecule has 0 radical (unpaired) electrons. The fourth-order valence-corrected chi connectivity index (χ4v) is 5.37. The van der Waals surface area contributed by atoms with Crippen molar-refractivity contribution < 1.29 is 17.9 Å². The van der Waals surface area contributed by atoms with E-state index in [0.29, 0.717) is 10.6 Å². The summed E-state index contributed by atoms with van der Waals surface area (Å²) in [4.78, 5) is 12.8. The van der Waals surface area contributed by atoms with Gasteiger partial charge in [-0.25, -0.2) is 8.42 Å². The second-order valence-electron chi connectivity index (χ2n) is 6.94. The summed E-state index contributed by atoms with van der Waals surface area (Å²) in [6.45, 7) is 1.17. The zero-order valence-corrected chi connectivity index (χ0v) is 21.2. The van der Waals surface area contributed by atoms with E-state index in [-0.39, 0.29) is 37.1 Å². The maximum atomic E-state index is 13.7. The number of nitrogens with one attached hydrogen (secondary N) is 1. The van der Waals surface area contributed by atoms with E-state index in [2.05, 4.69) is 5.32 Å². The Morgan fingerprint density at radius 3 is 2.30 bits per heavy atom. The summed E-state index contributed by atoms with van der Waals surface area (Å²) in [5.74, 6) is -0.507. The first-order chi connectivity index (χ1) is 15.5. The number of methoxy groups -OCH3 is 1. The van der Waals surface area contributed by atoms with Crippen molar-refractivity contribution in [3.8, 4) is 5.75 Å². The minimum absolute atomic E-state index is 0.103. The first kappa shape index (κ1) is 25.5. The molecule has 0 aliphatic heterocycles. The molecule has 6 nitrogen and oxygen atoms in total. The molecule has 0 unspecified atom stereocenters. The number of benzene rings is 3. The zero-order chi connectivity index (χ0) is 24.3. The predicted molar refractivity (Wildman–Crippen MR) is 134 cm³/mol. The van der Waals surface area contributed by atoms with E-state index in [9.17, 15) is 13.2 Å². The highest BCUT2D eigenvalue weighted by atomic mass is 35.5. The zero-order valence-electron chi connectivity index (χ0n) is 17.4. The summed E-state index contributed by atoms with van der Waals surface area (Å²) in [5, 5.41) is 3.57. The molecular formula is C22H18Cl4N2O4S. The lowest BCUT2D eigenvalue weighted by Crippen LogP contribution is -2.38. The SMILES string of the molecule is COc1ccc(C)cc1S(=O)(=O)N(CC(=O)Nc1ccc(Cl)cc1Cl)c1ccc(Cl)c(Cl)c1. The number of amides is 1. The molecule has 0 atom stereocenters. The third-order valence-electron chi connectivity index (χ3n) is 4.57. The molecule has 0 heterocycles. The molecule has 0 bridgehead atoms. The van der Waals surface area contributed by atoms with Gasteiger partial charge in [0, 0.05) is 5.02 Å². The van der Waals surface area contributed by atoms with Crippen molar-refractivity contribution in [2.45, 2.75) is 11.8 Å². The highest BCUT2D eigenvalue weighted by Gasteiger charge is 2.30. The van der Waals surface area contributed by atoms with Crippen LogP contribution in [0.4, 0.5) is 11.4 Å². The minimum Gasteiger partial charge on any atom is -0.495 e. The van der Waals surface area contributed by atoms with Crippen LogP contribution in [0.25, 0.3) is 0 Å². The summed E-state index contributed by atoms with van der Waals surface area (Å²) in [5.41, 5.74) is 1.12. The number of carbonyl (C=O) groups excluding carboxylic acids is 1. The first-order valence-electron chi connectivity index (χ1n) is 9.40. The highest BCUT2D eigenvalue weighted by molar-refractivity contribution is 7.93. The van der Waals surface area contributed by atoms with Gasteiger partial charge < -0.3 is 10.1 Å². The number of carbonyl (C=O) groups is 1. The van der Waals surface area contributed by atoms with Gasteiger partial charge in [-0.2, -0.15) is 0 Å². The van der Waals surface area contributed by atoms with Crippen LogP contribution in [0.15, 0.2) is 59.5 Å². The van der Waals surface area contributed by atoms with Crippen molar-refractivity contribution in [1.82, 2.24) is 0 Å². The number of aryl methyl sites for hydroxylation is 1. The Hall–Kier alpha value is -2.16. The average Bonchev–Trinajstić information content (AvgIpc) is 2.76. The Balaban J connectivity index is 2.05. The molecule has 0 spiro atoms. The lowest BCUT2D eigenvalue weighted by Gasteiger charge is -2.25. The van der Waals surface area contributed by atoms with E-state index in [0.717, 1.165) is 4.31 Å². The van der Waals surface area contributed by atoms with Gasteiger partial charge in [-0.1, -0.05) is 52.5 Å². The summed E-state index contributed by atoms with van der Waals surface area (Å²) in [6, 6.07) is 13.5. The fraction of sp³-hybridized carbons (Fsp3) is 0.136. The molecule has 0 aromatic heterocycles. The number of anilines is 2. The number of ether oxygens (including phenoxy) is 1. The van der Waals surface area contributed by atoms with Crippen molar-refractivity contribution in [1.29, 1.82) is 0 Å². The van der Waals surface area contributed by atoms with Crippen LogP contribution in [0.5, 0.6) is 5.75 Å². The maximum Gasteiger partial charge on any atom is 0.268 e. The van der Waals surface area contributed by atoms with Gasteiger partial charge in [0.15, 0.2) is 0 Å². The smallest absolute Gasteiger partial charge is 0.268 e. The van der Waals surface area contributed by atoms with Gasteiger partial charge in [0.2, 0.25) is 5.91 Å². The van der Waals surface area contributed by atoms with Crippen LogP contribution < -0.4 is 14.4 Å². The lowest BCUT2D eigenvalue weighted by atomic mass is 10.2. The van der Waals surface area contributed by atoms with Gasteiger partial charge in [0.05, 0.1) is 33.6 Å². The highest BCUT2D eigenvalue weighted by Crippen LogP contribution is 2.34. The van der Waals surface area contributed by atoms with E-state index < -0.39 is 22.5 Å². The van der Waals surface area contributed by atoms with E-state index in [4.69, 9.17) is 51.1 Å².